The second-order valence-electron chi connectivity index (χ2n) is 8.48. The van der Waals surface area contributed by atoms with Crippen molar-refractivity contribution < 1.29 is 24.2 Å². The molecule has 1 N–H and O–H groups in total. The van der Waals surface area contributed by atoms with Crippen molar-refractivity contribution in [3.8, 4) is 6.07 Å². The Morgan fingerprint density at radius 2 is 1.86 bits per heavy atom. The Hall–Kier alpha value is -2.79. The van der Waals surface area contributed by atoms with Gasteiger partial charge in [-0.25, -0.2) is 4.90 Å². The highest BCUT2D eigenvalue weighted by molar-refractivity contribution is 6.26. The smallest absolute Gasteiger partial charge is 0.240 e. The van der Waals surface area contributed by atoms with Crippen molar-refractivity contribution in [2.24, 2.45) is 11.8 Å². The number of benzene rings is 2. The molecule has 4 aliphatic rings. The van der Waals surface area contributed by atoms with Gasteiger partial charge in [-0.1, -0.05) is 24.3 Å². The van der Waals surface area contributed by atoms with E-state index in [1.54, 1.807) is 25.1 Å². The zero-order valence-electron chi connectivity index (χ0n) is 15.7. The summed E-state index contributed by atoms with van der Waals surface area (Å²) < 4.78 is 11.9. The zero-order chi connectivity index (χ0) is 20.1. The largest absolute Gasteiger partial charge is 0.387 e. The molecule has 0 aromatic heterocycles. The average molecular weight is 390 g/mol. The molecule has 0 aliphatic carbocycles. The van der Waals surface area contributed by atoms with E-state index in [1.165, 1.54) is 4.90 Å². The SMILES string of the molecule is C[C@]12O[C@]3(CCO[C@H]3[C@@H]1O)C1C(=O)N(c3ccc(C#N)c4ccccc34)C(=O)[C@H]12. The number of aliphatic hydroxyl groups is 1. The van der Waals surface area contributed by atoms with Crippen LogP contribution in [0, 0.1) is 23.2 Å². The number of anilines is 1. The fraction of sp³-hybridized carbons (Fsp3) is 0.409. The quantitative estimate of drug-likeness (QED) is 0.741. The summed E-state index contributed by atoms with van der Waals surface area (Å²) in [6.07, 6.45) is -1.07. The number of ether oxygens (including phenoxy) is 2. The van der Waals surface area contributed by atoms with E-state index in [0.717, 1.165) is 0 Å². The maximum absolute atomic E-state index is 13.6. The normalized spacial score (nSPS) is 39.8. The lowest BCUT2D eigenvalue weighted by Gasteiger charge is -2.35. The van der Waals surface area contributed by atoms with Crippen molar-refractivity contribution in [1.82, 2.24) is 0 Å². The molecule has 6 rings (SSSR count). The first kappa shape index (κ1) is 17.1. The number of carbonyl (C=O) groups is 2. The Morgan fingerprint density at radius 3 is 2.62 bits per heavy atom. The van der Waals surface area contributed by atoms with Gasteiger partial charge >= 0.3 is 0 Å². The molecule has 6 atom stereocenters. The van der Waals surface area contributed by atoms with Gasteiger partial charge in [-0.2, -0.15) is 5.26 Å². The first-order valence-electron chi connectivity index (χ1n) is 9.73. The molecule has 7 nitrogen and oxygen atoms in total. The highest BCUT2D eigenvalue weighted by Crippen LogP contribution is 2.64. The number of amides is 2. The average Bonchev–Trinajstić information content (AvgIpc) is 3.39. The van der Waals surface area contributed by atoms with E-state index in [4.69, 9.17) is 9.47 Å². The Bertz CT molecular complexity index is 1160. The monoisotopic (exact) mass is 390 g/mol. The van der Waals surface area contributed by atoms with Crippen molar-refractivity contribution in [2.75, 3.05) is 11.5 Å². The number of hydrogen-bond donors (Lipinski definition) is 1. The fourth-order valence-electron chi connectivity index (χ4n) is 6.06. The third-order valence-corrected chi connectivity index (χ3v) is 7.27. The van der Waals surface area contributed by atoms with Crippen LogP contribution in [0.5, 0.6) is 0 Å². The summed E-state index contributed by atoms with van der Waals surface area (Å²) in [5.41, 5.74) is -1.16. The summed E-state index contributed by atoms with van der Waals surface area (Å²) >= 11 is 0. The Labute approximate surface area is 166 Å². The topological polar surface area (TPSA) is 99.9 Å². The van der Waals surface area contributed by atoms with E-state index in [2.05, 4.69) is 6.07 Å². The van der Waals surface area contributed by atoms with Gasteiger partial charge in [-0.3, -0.25) is 9.59 Å². The molecule has 0 radical (unpaired) electrons. The molecule has 7 heteroatoms. The van der Waals surface area contributed by atoms with Gasteiger partial charge in [0.15, 0.2) is 0 Å². The number of aliphatic hydroxyl groups excluding tert-OH is 1. The van der Waals surface area contributed by atoms with Crippen molar-refractivity contribution in [2.45, 2.75) is 36.8 Å². The predicted octanol–water partition coefficient (Wildman–Crippen LogP) is 1.51. The number of carbonyl (C=O) groups excluding carboxylic acids is 2. The van der Waals surface area contributed by atoms with E-state index in [0.29, 0.717) is 35.1 Å². The molecule has 0 saturated carbocycles. The Kier molecular flexibility index (Phi) is 3.08. The van der Waals surface area contributed by atoms with Gasteiger partial charge < -0.3 is 14.6 Å². The standard InChI is InChI=1S/C22H18N2O5/c1-21-15-16(22(29-21)8-9-28-18(22)17(21)25)20(27)24(19(15)26)14-7-6-11(10-23)12-4-2-3-5-13(12)14/h2-7,15-18,25H,8-9H2,1H3/t15-,16?,17-,18-,21+,22+/m0/s1. The van der Waals surface area contributed by atoms with Crippen molar-refractivity contribution >= 4 is 28.3 Å². The molecule has 2 bridgehead atoms. The molecule has 4 aliphatic heterocycles. The van der Waals surface area contributed by atoms with Gasteiger partial charge in [0, 0.05) is 17.2 Å². The highest BCUT2D eigenvalue weighted by Gasteiger charge is 2.82. The van der Waals surface area contributed by atoms with Crippen LogP contribution in [-0.4, -0.2) is 46.9 Å². The number of fused-ring (bicyclic) bond motifs is 4. The molecule has 146 valence electrons. The molecule has 4 saturated heterocycles. The third-order valence-electron chi connectivity index (χ3n) is 7.27. The maximum Gasteiger partial charge on any atom is 0.240 e. The minimum Gasteiger partial charge on any atom is -0.387 e. The first-order valence-corrected chi connectivity index (χ1v) is 9.73. The predicted molar refractivity (Wildman–Crippen MR) is 101 cm³/mol. The van der Waals surface area contributed by atoms with E-state index in [9.17, 15) is 20.0 Å². The molecule has 2 aromatic rings. The van der Waals surface area contributed by atoms with Gasteiger partial charge in [0.1, 0.15) is 23.4 Å². The molecule has 4 fully saturated rings. The van der Waals surface area contributed by atoms with Gasteiger partial charge in [-0.05, 0) is 19.1 Å². The van der Waals surface area contributed by atoms with E-state index >= 15 is 0 Å². The molecular formula is C22H18N2O5. The minimum atomic E-state index is -1.15. The van der Waals surface area contributed by atoms with Crippen molar-refractivity contribution in [1.29, 1.82) is 5.26 Å². The summed E-state index contributed by atoms with van der Waals surface area (Å²) in [6, 6.07) is 12.7. The Morgan fingerprint density at radius 1 is 1.14 bits per heavy atom. The van der Waals surface area contributed by atoms with Gasteiger partial charge in [0.25, 0.3) is 0 Å². The summed E-state index contributed by atoms with van der Waals surface area (Å²) in [4.78, 5) is 28.4. The van der Waals surface area contributed by atoms with Gasteiger partial charge in [0.2, 0.25) is 11.8 Å². The highest BCUT2D eigenvalue weighted by atomic mass is 16.6. The van der Waals surface area contributed by atoms with Crippen LogP contribution >= 0.6 is 0 Å². The summed E-state index contributed by atoms with van der Waals surface area (Å²) in [6.45, 7) is 2.10. The second-order valence-corrected chi connectivity index (χ2v) is 8.48. The Balaban J connectivity index is 1.54. The minimum absolute atomic E-state index is 0.319. The number of hydrogen-bond acceptors (Lipinski definition) is 6. The van der Waals surface area contributed by atoms with Crippen LogP contribution in [0.25, 0.3) is 10.8 Å². The second kappa shape index (κ2) is 5.22. The van der Waals surface area contributed by atoms with Crippen LogP contribution in [0.2, 0.25) is 0 Å². The molecule has 2 aromatic carbocycles. The van der Waals surface area contributed by atoms with E-state index in [-0.39, 0.29) is 11.8 Å². The molecular weight excluding hydrogens is 372 g/mol. The lowest BCUT2D eigenvalue weighted by Crippen LogP contribution is -2.56. The number of nitrogens with zero attached hydrogens (tertiary/aromatic N) is 2. The van der Waals surface area contributed by atoms with Crippen LogP contribution in [0.4, 0.5) is 5.69 Å². The van der Waals surface area contributed by atoms with Crippen molar-refractivity contribution in [3.05, 3.63) is 42.0 Å². The third kappa shape index (κ3) is 1.75. The number of nitriles is 1. The molecule has 2 amide bonds. The molecule has 1 spiro atoms. The van der Waals surface area contributed by atoms with Crippen LogP contribution < -0.4 is 4.90 Å². The van der Waals surface area contributed by atoms with Crippen molar-refractivity contribution in [3.63, 3.8) is 0 Å². The van der Waals surface area contributed by atoms with E-state index < -0.39 is 35.2 Å². The summed E-state index contributed by atoms with van der Waals surface area (Å²) in [5.74, 6) is -2.11. The maximum atomic E-state index is 13.6. The summed E-state index contributed by atoms with van der Waals surface area (Å²) in [7, 11) is 0. The van der Waals surface area contributed by atoms with Gasteiger partial charge in [0.05, 0.1) is 35.8 Å². The molecule has 4 heterocycles. The molecule has 29 heavy (non-hydrogen) atoms. The fourth-order valence-corrected chi connectivity index (χ4v) is 6.06. The van der Waals surface area contributed by atoms with Gasteiger partial charge in [-0.15, -0.1) is 0 Å². The summed E-state index contributed by atoms with van der Waals surface area (Å²) in [5, 5.41) is 21.6. The van der Waals surface area contributed by atoms with Crippen LogP contribution in [0.3, 0.4) is 0 Å². The van der Waals surface area contributed by atoms with Crippen LogP contribution in [0.1, 0.15) is 18.9 Å². The number of imide groups is 1. The molecule has 1 unspecified atom stereocenters. The lowest BCUT2D eigenvalue weighted by atomic mass is 9.65. The van der Waals surface area contributed by atoms with E-state index in [1.807, 2.05) is 18.2 Å². The lowest BCUT2D eigenvalue weighted by molar-refractivity contribution is -0.134. The zero-order valence-corrected chi connectivity index (χ0v) is 15.7. The number of rotatable bonds is 1. The first-order chi connectivity index (χ1) is 13.9. The van der Waals surface area contributed by atoms with Crippen LogP contribution in [-0.2, 0) is 19.1 Å². The van der Waals surface area contributed by atoms with Crippen LogP contribution in [0.15, 0.2) is 36.4 Å².